The summed E-state index contributed by atoms with van der Waals surface area (Å²) < 4.78 is 2.38. The van der Waals surface area contributed by atoms with Crippen molar-refractivity contribution in [2.24, 2.45) is 0 Å². The summed E-state index contributed by atoms with van der Waals surface area (Å²) in [7, 11) is 4.16. The van der Waals surface area contributed by atoms with Crippen LogP contribution in [0, 0.1) is 0 Å². The largest absolute Gasteiger partial charge is 0.338 e. The standard InChI is InChI=1S/C28H29N3O/c1-29(2)18-10-19-30-24-16-9-15-23-26(21-11-5-3-6-12-21)27(22-13-7-4-8-14-22)31(28(23)24)20-17-25(30)32/h3-9,11-16H,10,17-20H2,1-2H3. The fourth-order valence-corrected chi connectivity index (χ4v) is 4.89. The van der Waals surface area contributed by atoms with E-state index in [1.165, 1.54) is 33.3 Å². The molecule has 1 aliphatic rings. The number of carbonyl (C=O) groups excluding carboxylic acids is 1. The van der Waals surface area contributed by atoms with E-state index in [2.05, 4.69) is 102 Å². The molecule has 5 rings (SSSR count). The molecule has 32 heavy (non-hydrogen) atoms. The molecule has 0 fully saturated rings. The molecule has 162 valence electrons. The van der Waals surface area contributed by atoms with Gasteiger partial charge in [0, 0.05) is 30.5 Å². The Kier molecular flexibility index (Phi) is 5.54. The van der Waals surface area contributed by atoms with Gasteiger partial charge < -0.3 is 14.4 Å². The monoisotopic (exact) mass is 423 g/mol. The molecule has 0 spiro atoms. The topological polar surface area (TPSA) is 28.5 Å². The van der Waals surface area contributed by atoms with Crippen molar-refractivity contribution in [3.8, 4) is 22.4 Å². The summed E-state index contributed by atoms with van der Waals surface area (Å²) in [5.74, 6) is 0.209. The molecule has 3 aromatic carbocycles. The minimum absolute atomic E-state index is 0.209. The maximum absolute atomic E-state index is 13.2. The molecule has 0 atom stereocenters. The van der Waals surface area contributed by atoms with Gasteiger partial charge in [0.25, 0.3) is 0 Å². The van der Waals surface area contributed by atoms with E-state index in [1.54, 1.807) is 0 Å². The normalized spacial score (nSPS) is 13.7. The second-order valence-electron chi connectivity index (χ2n) is 8.73. The van der Waals surface area contributed by atoms with Gasteiger partial charge in [-0.3, -0.25) is 4.79 Å². The molecular formula is C28H29N3O. The van der Waals surface area contributed by atoms with E-state index >= 15 is 0 Å². The van der Waals surface area contributed by atoms with Crippen LogP contribution in [0.15, 0.2) is 78.9 Å². The maximum Gasteiger partial charge on any atom is 0.228 e. The van der Waals surface area contributed by atoms with E-state index in [-0.39, 0.29) is 5.91 Å². The predicted octanol–water partition coefficient (Wildman–Crippen LogP) is 5.66. The lowest BCUT2D eigenvalue weighted by Gasteiger charge is -2.23. The van der Waals surface area contributed by atoms with Crippen LogP contribution in [0.2, 0.25) is 0 Å². The Hall–Kier alpha value is -3.37. The van der Waals surface area contributed by atoms with Gasteiger partial charge in [-0.05, 0) is 44.3 Å². The third-order valence-corrected chi connectivity index (χ3v) is 6.30. The lowest BCUT2D eigenvalue weighted by atomic mass is 9.98. The zero-order chi connectivity index (χ0) is 22.1. The Balaban J connectivity index is 1.76. The van der Waals surface area contributed by atoms with Gasteiger partial charge in [0.15, 0.2) is 0 Å². The minimum atomic E-state index is 0.209. The molecule has 0 bridgehead atoms. The number of nitrogens with zero attached hydrogens (tertiary/aromatic N) is 3. The van der Waals surface area contributed by atoms with Crippen LogP contribution in [0.25, 0.3) is 33.3 Å². The Morgan fingerprint density at radius 2 is 1.53 bits per heavy atom. The molecular weight excluding hydrogens is 394 g/mol. The van der Waals surface area contributed by atoms with Gasteiger partial charge in [-0.25, -0.2) is 0 Å². The maximum atomic E-state index is 13.2. The molecule has 0 radical (unpaired) electrons. The molecule has 0 aliphatic carbocycles. The molecule has 0 N–H and O–H groups in total. The van der Waals surface area contributed by atoms with E-state index in [0.717, 1.165) is 25.2 Å². The first-order valence-electron chi connectivity index (χ1n) is 11.4. The number of anilines is 1. The Morgan fingerprint density at radius 1 is 0.844 bits per heavy atom. The fraction of sp³-hybridized carbons (Fsp3) is 0.250. The van der Waals surface area contributed by atoms with Crippen LogP contribution in [0.1, 0.15) is 12.8 Å². The van der Waals surface area contributed by atoms with Gasteiger partial charge in [0.2, 0.25) is 5.91 Å². The van der Waals surface area contributed by atoms with Gasteiger partial charge in [-0.1, -0.05) is 72.8 Å². The van der Waals surface area contributed by atoms with Crippen LogP contribution >= 0.6 is 0 Å². The highest BCUT2D eigenvalue weighted by molar-refractivity contribution is 6.12. The zero-order valence-corrected chi connectivity index (χ0v) is 18.8. The van der Waals surface area contributed by atoms with Crippen LogP contribution in [0.3, 0.4) is 0 Å². The fourth-order valence-electron chi connectivity index (χ4n) is 4.89. The highest BCUT2D eigenvalue weighted by Gasteiger charge is 2.28. The summed E-state index contributed by atoms with van der Waals surface area (Å²) in [5, 5.41) is 1.21. The van der Waals surface area contributed by atoms with E-state index < -0.39 is 0 Å². The molecule has 4 heteroatoms. The second kappa shape index (κ2) is 8.64. The summed E-state index contributed by atoms with van der Waals surface area (Å²) in [4.78, 5) is 17.4. The van der Waals surface area contributed by atoms with Gasteiger partial charge in [0.05, 0.1) is 16.9 Å². The Bertz CT molecular complexity index is 1240. The average molecular weight is 424 g/mol. The van der Waals surface area contributed by atoms with E-state index in [4.69, 9.17) is 0 Å². The zero-order valence-electron chi connectivity index (χ0n) is 18.8. The van der Waals surface area contributed by atoms with Crippen molar-refractivity contribution in [1.82, 2.24) is 9.47 Å². The minimum Gasteiger partial charge on any atom is -0.338 e. The van der Waals surface area contributed by atoms with Crippen molar-refractivity contribution in [3.05, 3.63) is 78.9 Å². The average Bonchev–Trinajstić information content (AvgIpc) is 3.08. The summed E-state index contributed by atoms with van der Waals surface area (Å²) in [5.41, 5.74) is 7.03. The summed E-state index contributed by atoms with van der Waals surface area (Å²) in [6.45, 7) is 2.39. The number of aromatic nitrogens is 1. The predicted molar refractivity (Wildman–Crippen MR) is 133 cm³/mol. The van der Waals surface area contributed by atoms with Crippen molar-refractivity contribution in [3.63, 3.8) is 0 Å². The molecule has 4 nitrogen and oxygen atoms in total. The van der Waals surface area contributed by atoms with Crippen LogP contribution in [-0.2, 0) is 11.3 Å². The third-order valence-electron chi connectivity index (χ3n) is 6.30. The lowest BCUT2D eigenvalue weighted by Crippen LogP contribution is -2.32. The molecule has 0 saturated carbocycles. The Morgan fingerprint density at radius 3 is 2.22 bits per heavy atom. The molecule has 1 amide bonds. The van der Waals surface area contributed by atoms with Crippen LogP contribution in [0.5, 0.6) is 0 Å². The molecule has 4 aromatic rings. The summed E-state index contributed by atoms with van der Waals surface area (Å²) in [6, 6.07) is 27.6. The van der Waals surface area contributed by atoms with Crippen LogP contribution < -0.4 is 4.90 Å². The first kappa shape index (κ1) is 20.5. The summed E-state index contributed by atoms with van der Waals surface area (Å²) >= 11 is 0. The number of rotatable bonds is 6. The van der Waals surface area contributed by atoms with Crippen molar-refractivity contribution < 1.29 is 4.79 Å². The van der Waals surface area contributed by atoms with Crippen LogP contribution in [-0.4, -0.2) is 42.6 Å². The molecule has 2 heterocycles. The molecule has 1 aromatic heterocycles. The summed E-state index contributed by atoms with van der Waals surface area (Å²) in [6.07, 6.45) is 1.46. The van der Waals surface area contributed by atoms with Crippen molar-refractivity contribution >= 4 is 22.5 Å². The highest BCUT2D eigenvalue weighted by atomic mass is 16.2. The molecule has 0 unspecified atom stereocenters. The second-order valence-corrected chi connectivity index (χ2v) is 8.73. The van der Waals surface area contributed by atoms with E-state index in [0.29, 0.717) is 13.0 Å². The van der Waals surface area contributed by atoms with Crippen molar-refractivity contribution in [2.45, 2.75) is 19.4 Å². The highest BCUT2D eigenvalue weighted by Crippen LogP contribution is 2.45. The first-order valence-corrected chi connectivity index (χ1v) is 11.4. The number of hydrogen-bond donors (Lipinski definition) is 0. The number of para-hydroxylation sites is 1. The SMILES string of the molecule is CN(C)CCCN1C(=O)CCn2c(-c3ccccc3)c(-c3ccccc3)c3cccc1c32. The molecule has 0 saturated heterocycles. The number of amides is 1. The Labute approximate surface area is 189 Å². The number of hydrogen-bond acceptors (Lipinski definition) is 2. The van der Waals surface area contributed by atoms with Gasteiger partial charge in [-0.2, -0.15) is 0 Å². The van der Waals surface area contributed by atoms with Gasteiger partial charge in [-0.15, -0.1) is 0 Å². The lowest BCUT2D eigenvalue weighted by molar-refractivity contribution is -0.118. The number of benzene rings is 3. The van der Waals surface area contributed by atoms with Crippen molar-refractivity contribution in [2.75, 3.05) is 32.1 Å². The quantitative estimate of drug-likeness (QED) is 0.400. The van der Waals surface area contributed by atoms with Crippen LogP contribution in [0.4, 0.5) is 5.69 Å². The smallest absolute Gasteiger partial charge is 0.228 e. The van der Waals surface area contributed by atoms with Crippen molar-refractivity contribution in [1.29, 1.82) is 0 Å². The van der Waals surface area contributed by atoms with Gasteiger partial charge >= 0.3 is 0 Å². The van der Waals surface area contributed by atoms with Gasteiger partial charge in [0.1, 0.15) is 0 Å². The van der Waals surface area contributed by atoms with E-state index in [1.807, 2.05) is 4.90 Å². The first-order chi connectivity index (χ1) is 15.6. The number of carbonyl (C=O) groups is 1. The third kappa shape index (κ3) is 3.61. The van der Waals surface area contributed by atoms with E-state index in [9.17, 15) is 4.79 Å². The number of aryl methyl sites for hydroxylation is 1. The molecule has 1 aliphatic heterocycles.